The van der Waals surface area contributed by atoms with Crippen molar-refractivity contribution in [3.63, 3.8) is 0 Å². The van der Waals surface area contributed by atoms with E-state index in [4.69, 9.17) is 9.47 Å². The molecule has 2 saturated carbocycles. The second-order valence-corrected chi connectivity index (χ2v) is 13.8. The fraction of sp³-hybridized carbons (Fsp3) is 0.629. The van der Waals surface area contributed by atoms with E-state index in [9.17, 15) is 29.7 Å². The Morgan fingerprint density at radius 2 is 1.70 bits per heavy atom. The maximum Gasteiger partial charge on any atom is 0.338 e. The van der Waals surface area contributed by atoms with Gasteiger partial charge in [0.15, 0.2) is 11.4 Å². The van der Waals surface area contributed by atoms with Crippen molar-refractivity contribution in [3.05, 3.63) is 59.2 Å². The van der Waals surface area contributed by atoms with Gasteiger partial charge >= 0.3 is 11.9 Å². The second-order valence-electron chi connectivity index (χ2n) is 13.8. The molecule has 0 unspecified atom stereocenters. The minimum absolute atomic E-state index is 0.126. The van der Waals surface area contributed by atoms with Crippen molar-refractivity contribution in [2.75, 3.05) is 6.61 Å². The Balaban J connectivity index is 1.59. The third-order valence-corrected chi connectivity index (χ3v) is 11.0. The summed E-state index contributed by atoms with van der Waals surface area (Å²) in [6, 6.07) is 8.53. The van der Waals surface area contributed by atoms with Gasteiger partial charge in [-0.25, -0.2) is 4.79 Å². The molecule has 0 radical (unpaired) electrons. The molecule has 234 valence electrons. The number of hydrogen-bond donors (Lipinski definition) is 3. The van der Waals surface area contributed by atoms with Gasteiger partial charge in [-0.15, -0.1) is 0 Å². The van der Waals surface area contributed by atoms with Crippen molar-refractivity contribution < 1.29 is 39.2 Å². The summed E-state index contributed by atoms with van der Waals surface area (Å²) >= 11 is 0. The Morgan fingerprint density at radius 1 is 1.02 bits per heavy atom. The lowest BCUT2D eigenvalue weighted by atomic mass is 9.59. The van der Waals surface area contributed by atoms with Crippen LogP contribution in [-0.4, -0.2) is 62.6 Å². The normalized spacial score (nSPS) is 37.2. The van der Waals surface area contributed by atoms with Crippen LogP contribution in [0.1, 0.15) is 89.9 Å². The number of unbranched alkanes of at least 4 members (excludes halogenated alkanes) is 4. The average Bonchev–Trinajstić information content (AvgIpc) is 3.40. The number of ether oxygens (including phenoxy) is 2. The largest absolute Gasteiger partial charge is 0.454 e. The molecule has 0 aromatic heterocycles. The number of hydrogen-bond acceptors (Lipinski definition) is 8. The number of Topliss-reactive ketones (excluding diaryl/α,β-unsaturated/α-hetero) is 1. The van der Waals surface area contributed by atoms with E-state index in [2.05, 4.69) is 6.92 Å². The fourth-order valence-electron chi connectivity index (χ4n) is 8.69. The van der Waals surface area contributed by atoms with E-state index in [1.54, 1.807) is 56.3 Å². The molecule has 1 aromatic rings. The summed E-state index contributed by atoms with van der Waals surface area (Å²) in [5.74, 6) is -4.56. The summed E-state index contributed by atoms with van der Waals surface area (Å²) in [5, 5.41) is 35.0. The van der Waals surface area contributed by atoms with E-state index in [1.807, 2.05) is 13.8 Å². The van der Waals surface area contributed by atoms with E-state index < -0.39 is 70.4 Å². The van der Waals surface area contributed by atoms with Gasteiger partial charge in [0.1, 0.15) is 11.7 Å². The highest BCUT2D eigenvalue weighted by Gasteiger charge is 2.88. The number of esters is 2. The Morgan fingerprint density at radius 3 is 2.35 bits per heavy atom. The van der Waals surface area contributed by atoms with Gasteiger partial charge < -0.3 is 24.8 Å². The lowest BCUT2D eigenvalue weighted by Gasteiger charge is -2.53. The van der Waals surface area contributed by atoms with Crippen molar-refractivity contribution in [3.8, 4) is 0 Å². The zero-order valence-corrected chi connectivity index (χ0v) is 26.0. The summed E-state index contributed by atoms with van der Waals surface area (Å²) in [6.45, 7) is 8.98. The van der Waals surface area contributed by atoms with Crippen molar-refractivity contribution in [2.45, 2.75) is 102 Å². The molecule has 0 amide bonds. The molecule has 4 aliphatic carbocycles. The van der Waals surface area contributed by atoms with Crippen molar-refractivity contribution in [2.24, 2.45) is 29.1 Å². The van der Waals surface area contributed by atoms with E-state index >= 15 is 0 Å². The summed E-state index contributed by atoms with van der Waals surface area (Å²) in [4.78, 5) is 40.3. The Labute approximate surface area is 254 Å². The quantitative estimate of drug-likeness (QED) is 0.202. The van der Waals surface area contributed by atoms with E-state index in [0.29, 0.717) is 23.1 Å². The molecule has 4 aliphatic rings. The van der Waals surface area contributed by atoms with Crippen LogP contribution in [-0.2, 0) is 19.1 Å². The molecule has 1 aromatic carbocycles. The van der Waals surface area contributed by atoms with Gasteiger partial charge in [-0.3, -0.25) is 9.59 Å². The topological polar surface area (TPSA) is 130 Å². The van der Waals surface area contributed by atoms with Crippen LogP contribution in [0.25, 0.3) is 0 Å². The highest BCUT2D eigenvalue weighted by atomic mass is 16.6. The second kappa shape index (κ2) is 11.3. The first-order chi connectivity index (χ1) is 20.3. The molecule has 0 saturated heterocycles. The Bertz CT molecular complexity index is 1330. The number of rotatable bonds is 10. The minimum atomic E-state index is -1.96. The van der Waals surface area contributed by atoms with Crippen molar-refractivity contribution in [1.29, 1.82) is 0 Å². The summed E-state index contributed by atoms with van der Waals surface area (Å²) in [7, 11) is 0. The van der Waals surface area contributed by atoms with E-state index in [0.717, 1.165) is 25.7 Å². The highest BCUT2D eigenvalue weighted by molar-refractivity contribution is 6.04. The van der Waals surface area contributed by atoms with Gasteiger partial charge in [-0.05, 0) is 36.6 Å². The number of carbonyl (C=O) groups excluding carboxylic acids is 3. The van der Waals surface area contributed by atoms with Crippen LogP contribution in [0.2, 0.25) is 0 Å². The van der Waals surface area contributed by atoms with Crippen molar-refractivity contribution >= 4 is 17.7 Å². The molecule has 0 aliphatic heterocycles. The molecule has 8 nitrogen and oxygen atoms in total. The predicted octanol–water partition coefficient (Wildman–Crippen LogP) is 4.71. The average molecular weight is 595 g/mol. The Hall–Kier alpha value is -2.81. The maximum atomic E-state index is 13.6. The number of ketones is 1. The molecule has 3 N–H and O–H groups in total. The van der Waals surface area contributed by atoms with Crippen molar-refractivity contribution in [1.82, 2.24) is 0 Å². The monoisotopic (exact) mass is 594 g/mol. The lowest BCUT2D eigenvalue weighted by Crippen LogP contribution is -2.66. The summed E-state index contributed by atoms with van der Waals surface area (Å²) in [5.41, 5.74) is -4.61. The van der Waals surface area contributed by atoms with Crippen LogP contribution >= 0.6 is 0 Å². The van der Waals surface area contributed by atoms with Gasteiger partial charge in [-0.1, -0.05) is 83.7 Å². The first-order valence-electron chi connectivity index (χ1n) is 15.8. The van der Waals surface area contributed by atoms with Crippen LogP contribution in [0.5, 0.6) is 0 Å². The molecule has 2 fully saturated rings. The van der Waals surface area contributed by atoms with Gasteiger partial charge in [0.25, 0.3) is 0 Å². The number of benzene rings is 1. The maximum absolute atomic E-state index is 13.6. The molecule has 8 heteroatoms. The van der Waals surface area contributed by atoms with E-state index in [1.165, 1.54) is 0 Å². The first kappa shape index (κ1) is 31.6. The molecule has 0 spiro atoms. The third kappa shape index (κ3) is 4.72. The first-order valence-corrected chi connectivity index (χ1v) is 15.8. The zero-order chi connectivity index (χ0) is 31.4. The van der Waals surface area contributed by atoms with Crippen LogP contribution in [0, 0.1) is 29.1 Å². The molecular formula is C35H46O8. The fourth-order valence-corrected chi connectivity index (χ4v) is 8.69. The smallest absolute Gasteiger partial charge is 0.338 e. The summed E-state index contributed by atoms with van der Waals surface area (Å²) in [6.07, 6.45) is 7.27. The number of carbonyl (C=O) groups is 3. The number of aliphatic hydroxyl groups is 3. The summed E-state index contributed by atoms with van der Waals surface area (Å²) < 4.78 is 12.7. The van der Waals surface area contributed by atoms with Gasteiger partial charge in [-0.2, -0.15) is 0 Å². The van der Waals surface area contributed by atoms with Crippen LogP contribution in [0.3, 0.4) is 0 Å². The van der Waals surface area contributed by atoms with Gasteiger partial charge in [0.2, 0.25) is 0 Å². The third-order valence-electron chi connectivity index (χ3n) is 11.0. The number of aliphatic hydroxyl groups excluding tert-OH is 1. The standard InChI is InChI=1S/C35H46O8/c1-6-7-8-9-13-16-27(37)43-35-28(32(35,4)5)25-18-23(20-36)19-33(40)26(17-21(2)29(33)38)34(25,41)22(3)30(35)42-31(39)24-14-11-10-12-15-24/h10-12,14-15,17-18,22,25-26,28,30,36,40-41H,6-9,13,16,19-20H2,1-5H3/t22-,25+,26-,28-,30-,33-,34-,35-/m1/s1. The molecular weight excluding hydrogens is 548 g/mol. The molecule has 0 bridgehead atoms. The van der Waals surface area contributed by atoms with Gasteiger partial charge in [0.05, 0.1) is 17.8 Å². The molecule has 43 heavy (non-hydrogen) atoms. The zero-order valence-electron chi connectivity index (χ0n) is 26.0. The van der Waals surface area contributed by atoms with Crippen LogP contribution < -0.4 is 0 Å². The lowest BCUT2D eigenvalue weighted by molar-refractivity contribution is -0.219. The molecule has 0 heterocycles. The SMILES string of the molecule is CCCCCCCC(=O)O[C@@]12[C@H](OC(=O)c3ccccc3)[C@@H](C)[C@@]3(O)[C@@H](C=C(CO)C[C@]4(O)C(=O)C(C)=C[C@@H]34)[C@@H]1C2(C)C. The van der Waals surface area contributed by atoms with Crippen LogP contribution in [0.4, 0.5) is 0 Å². The number of fused-ring (bicyclic) bond motifs is 5. The molecule has 8 atom stereocenters. The highest BCUT2D eigenvalue weighted by Crippen LogP contribution is 2.77. The predicted molar refractivity (Wildman–Crippen MR) is 160 cm³/mol. The van der Waals surface area contributed by atoms with Crippen LogP contribution in [0.15, 0.2) is 53.6 Å². The molecule has 5 rings (SSSR count). The minimum Gasteiger partial charge on any atom is -0.454 e. The van der Waals surface area contributed by atoms with Gasteiger partial charge in [0, 0.05) is 41.9 Å². The van der Waals surface area contributed by atoms with E-state index in [-0.39, 0.29) is 18.8 Å². The Kier molecular flexibility index (Phi) is 8.29.